The maximum absolute atomic E-state index is 13.0. The van der Waals surface area contributed by atoms with Crippen LogP contribution in [-0.2, 0) is 29.4 Å². The van der Waals surface area contributed by atoms with Crippen LogP contribution >= 0.6 is 0 Å². The standard InChI is InChI=1S/C37H62O3S.Ba.2H/c1-4-7-10-13-16-19-22-27-32-33(28-23-20-17-14-11-8-5-2)35(30-24-21-18-15-12-9-6-3)37(41(38,39)40)36-31-26-25-29-34(32)36;;;/h25-26,29,31H,4-24,27-28,30H2,1-3H3,(H,38,39,40);;;/q;+2;2*-1. The molecule has 0 radical (unpaired) electrons. The fraction of sp³-hybridized carbons (Fsp3) is 0.730. The summed E-state index contributed by atoms with van der Waals surface area (Å²) in [6.07, 6.45) is 28.6. The summed E-state index contributed by atoms with van der Waals surface area (Å²) in [6, 6.07) is 7.95. The number of aryl methyl sites for hydroxylation is 1. The van der Waals surface area contributed by atoms with Crippen molar-refractivity contribution in [2.75, 3.05) is 0 Å². The maximum atomic E-state index is 13.0. The molecule has 238 valence electrons. The van der Waals surface area contributed by atoms with Crippen molar-refractivity contribution in [3.63, 3.8) is 0 Å². The number of hydrogen-bond donors (Lipinski definition) is 1. The molecule has 0 aliphatic rings. The molecule has 42 heavy (non-hydrogen) atoms. The first-order valence-corrected chi connectivity index (χ1v) is 18.9. The summed E-state index contributed by atoms with van der Waals surface area (Å²) < 4.78 is 36.5. The second-order valence-electron chi connectivity index (χ2n) is 12.4. The molecular weight excluding hydrogens is 662 g/mol. The smallest absolute Gasteiger partial charge is 1.00 e. The van der Waals surface area contributed by atoms with E-state index in [2.05, 4.69) is 26.8 Å². The van der Waals surface area contributed by atoms with Crippen LogP contribution in [0.3, 0.4) is 0 Å². The van der Waals surface area contributed by atoms with Gasteiger partial charge in [0.2, 0.25) is 0 Å². The second kappa shape index (κ2) is 24.4. The number of hydrogen-bond acceptors (Lipinski definition) is 2. The summed E-state index contributed by atoms with van der Waals surface area (Å²) in [4.78, 5) is 0.195. The van der Waals surface area contributed by atoms with Crippen molar-refractivity contribution in [2.24, 2.45) is 0 Å². The summed E-state index contributed by atoms with van der Waals surface area (Å²) in [7, 11) is -4.34. The maximum Gasteiger partial charge on any atom is 2.00 e. The van der Waals surface area contributed by atoms with E-state index in [9.17, 15) is 13.0 Å². The van der Waals surface area contributed by atoms with Crippen LogP contribution in [0.4, 0.5) is 0 Å². The zero-order chi connectivity index (χ0) is 29.8. The van der Waals surface area contributed by atoms with Gasteiger partial charge in [0.15, 0.2) is 0 Å². The van der Waals surface area contributed by atoms with Crippen LogP contribution in [0.2, 0.25) is 0 Å². The van der Waals surface area contributed by atoms with Gasteiger partial charge in [-0.15, -0.1) is 0 Å². The molecule has 0 bridgehead atoms. The van der Waals surface area contributed by atoms with Crippen molar-refractivity contribution < 1.29 is 15.8 Å². The molecule has 0 saturated heterocycles. The average Bonchev–Trinajstić information content (AvgIpc) is 2.95. The van der Waals surface area contributed by atoms with Gasteiger partial charge in [-0.1, -0.05) is 161 Å². The zero-order valence-electron chi connectivity index (χ0n) is 29.7. The van der Waals surface area contributed by atoms with Crippen LogP contribution in [-0.4, -0.2) is 61.9 Å². The zero-order valence-corrected chi connectivity index (χ0v) is 32.9. The van der Waals surface area contributed by atoms with Crippen molar-refractivity contribution in [1.82, 2.24) is 0 Å². The third kappa shape index (κ3) is 15.0. The first-order valence-electron chi connectivity index (χ1n) is 17.5. The van der Waals surface area contributed by atoms with Crippen LogP contribution in [0.25, 0.3) is 10.8 Å². The van der Waals surface area contributed by atoms with Crippen LogP contribution < -0.4 is 0 Å². The Morgan fingerprint density at radius 2 is 0.833 bits per heavy atom. The van der Waals surface area contributed by atoms with Crippen LogP contribution in [0, 0.1) is 0 Å². The predicted molar refractivity (Wildman–Crippen MR) is 187 cm³/mol. The summed E-state index contributed by atoms with van der Waals surface area (Å²) in [5, 5.41) is 1.75. The Kier molecular flexibility index (Phi) is 23.4. The molecule has 0 aliphatic carbocycles. The van der Waals surface area contributed by atoms with E-state index >= 15 is 0 Å². The van der Waals surface area contributed by atoms with Gasteiger partial charge in [0, 0.05) is 5.39 Å². The van der Waals surface area contributed by atoms with E-state index in [4.69, 9.17) is 0 Å². The van der Waals surface area contributed by atoms with Crippen LogP contribution in [0.5, 0.6) is 0 Å². The van der Waals surface area contributed by atoms with Gasteiger partial charge in [-0.3, -0.25) is 4.55 Å². The molecular formula is C37H64BaO3S. The van der Waals surface area contributed by atoms with Gasteiger partial charge in [-0.2, -0.15) is 8.42 Å². The number of unbranched alkanes of at least 4 members (excludes halogenated alkanes) is 18. The van der Waals surface area contributed by atoms with Gasteiger partial charge in [-0.05, 0) is 60.6 Å². The topological polar surface area (TPSA) is 54.4 Å². The molecule has 0 atom stereocenters. The molecule has 2 aromatic carbocycles. The van der Waals surface area contributed by atoms with E-state index in [1.807, 2.05) is 18.2 Å². The monoisotopic (exact) mass is 726 g/mol. The van der Waals surface area contributed by atoms with Crippen molar-refractivity contribution in [3.8, 4) is 0 Å². The van der Waals surface area contributed by atoms with Gasteiger partial charge in [-0.25, -0.2) is 0 Å². The molecule has 0 saturated carbocycles. The molecule has 3 nitrogen and oxygen atoms in total. The average molecular weight is 726 g/mol. The Balaban J connectivity index is 0. The molecule has 1 N–H and O–H groups in total. The van der Waals surface area contributed by atoms with E-state index in [1.165, 1.54) is 120 Å². The molecule has 0 aliphatic heterocycles. The van der Waals surface area contributed by atoms with Gasteiger partial charge in [0.05, 0.1) is 0 Å². The molecule has 0 heterocycles. The van der Waals surface area contributed by atoms with Crippen molar-refractivity contribution in [2.45, 2.75) is 180 Å². The molecule has 2 aromatic rings. The molecule has 2 rings (SSSR count). The normalized spacial score (nSPS) is 11.7. The van der Waals surface area contributed by atoms with E-state index in [1.54, 1.807) is 0 Å². The second-order valence-corrected chi connectivity index (χ2v) is 13.8. The van der Waals surface area contributed by atoms with E-state index in [0.29, 0.717) is 5.39 Å². The van der Waals surface area contributed by atoms with E-state index in [0.717, 1.165) is 55.9 Å². The third-order valence-corrected chi connectivity index (χ3v) is 9.83. The molecule has 0 amide bonds. The van der Waals surface area contributed by atoms with Crippen molar-refractivity contribution in [1.29, 1.82) is 0 Å². The van der Waals surface area contributed by atoms with Crippen LogP contribution in [0.1, 0.15) is 175 Å². The minimum absolute atomic E-state index is 0. The fourth-order valence-corrected chi connectivity index (χ4v) is 7.50. The third-order valence-electron chi connectivity index (χ3n) is 8.85. The summed E-state index contributed by atoms with van der Waals surface area (Å²) >= 11 is 0. The summed E-state index contributed by atoms with van der Waals surface area (Å²) in [6.45, 7) is 6.76. The number of rotatable bonds is 25. The number of benzene rings is 2. The molecule has 5 heteroatoms. The minimum atomic E-state index is -4.34. The van der Waals surface area contributed by atoms with Gasteiger partial charge >= 0.3 is 48.9 Å². The summed E-state index contributed by atoms with van der Waals surface area (Å²) in [5.41, 5.74) is 3.51. The van der Waals surface area contributed by atoms with Gasteiger partial charge < -0.3 is 2.85 Å². The Labute approximate surface area is 303 Å². The van der Waals surface area contributed by atoms with Crippen LogP contribution in [0.15, 0.2) is 29.2 Å². The largest absolute Gasteiger partial charge is 2.00 e. The molecule has 0 unspecified atom stereocenters. The first kappa shape index (κ1) is 40.2. The Morgan fingerprint density at radius 1 is 0.500 bits per heavy atom. The van der Waals surface area contributed by atoms with E-state index < -0.39 is 10.1 Å². The SMILES string of the molecule is CCCCCCCCCc1c(CCCCCCCCC)c(S(=O)(=O)O)c2ccccc2c1CCCCCCCCC.[Ba+2].[H-].[H-]. The summed E-state index contributed by atoms with van der Waals surface area (Å²) in [5.74, 6) is 0. The van der Waals surface area contributed by atoms with Crippen molar-refractivity contribution >= 4 is 69.8 Å². The predicted octanol–water partition coefficient (Wildman–Crippen LogP) is 11.8. The fourth-order valence-electron chi connectivity index (χ4n) is 6.51. The molecule has 0 fully saturated rings. The molecule has 0 aromatic heterocycles. The van der Waals surface area contributed by atoms with E-state index in [-0.39, 0.29) is 56.6 Å². The van der Waals surface area contributed by atoms with Crippen molar-refractivity contribution in [3.05, 3.63) is 41.0 Å². The Hall–Kier alpha value is 0.181. The first-order chi connectivity index (χ1) is 20.0. The molecule has 0 spiro atoms. The quantitative estimate of drug-likeness (QED) is 0.0630. The Morgan fingerprint density at radius 3 is 1.24 bits per heavy atom. The van der Waals surface area contributed by atoms with Gasteiger partial charge in [0.1, 0.15) is 4.90 Å². The minimum Gasteiger partial charge on any atom is -1.00 e. The Bertz CT molecular complexity index is 1090. The van der Waals surface area contributed by atoms with Gasteiger partial charge in [0.25, 0.3) is 10.1 Å². The number of fused-ring (bicyclic) bond motifs is 1.